The molecule has 1 atom stereocenters. The molecule has 1 aromatic carbocycles. The van der Waals surface area contributed by atoms with Crippen molar-refractivity contribution in [1.82, 2.24) is 24.6 Å². The number of piperidine rings is 1. The molecule has 4 aromatic rings. The van der Waals surface area contributed by atoms with Crippen LogP contribution in [0.15, 0.2) is 60.8 Å². The lowest BCUT2D eigenvalue weighted by Crippen LogP contribution is -2.40. The van der Waals surface area contributed by atoms with Gasteiger partial charge < -0.3 is 16.0 Å². The highest BCUT2D eigenvalue weighted by molar-refractivity contribution is 7.12. The largest absolute Gasteiger partial charge is 0.383 e. The predicted molar refractivity (Wildman–Crippen MR) is 132 cm³/mol. The molecule has 10 heteroatoms. The highest BCUT2D eigenvalue weighted by Crippen LogP contribution is 2.35. The van der Waals surface area contributed by atoms with Crippen LogP contribution < -0.4 is 11.1 Å². The van der Waals surface area contributed by atoms with Crippen LogP contribution >= 0.6 is 11.3 Å². The first-order chi connectivity index (χ1) is 16.5. The van der Waals surface area contributed by atoms with Crippen molar-refractivity contribution in [3.63, 3.8) is 0 Å². The van der Waals surface area contributed by atoms with Crippen molar-refractivity contribution < 1.29 is 9.59 Å². The van der Waals surface area contributed by atoms with Crippen molar-refractivity contribution in [3.8, 4) is 11.3 Å². The van der Waals surface area contributed by atoms with E-state index in [1.54, 1.807) is 11.0 Å². The normalized spacial score (nSPS) is 15.9. The fourth-order valence-corrected chi connectivity index (χ4v) is 5.02. The van der Waals surface area contributed by atoms with Crippen LogP contribution in [-0.4, -0.2) is 49.6 Å². The maximum Gasteiger partial charge on any atom is 0.265 e. The summed E-state index contributed by atoms with van der Waals surface area (Å²) < 4.78 is 1.84. The van der Waals surface area contributed by atoms with E-state index >= 15 is 0 Å². The van der Waals surface area contributed by atoms with E-state index < -0.39 is 0 Å². The van der Waals surface area contributed by atoms with Crippen LogP contribution in [0.2, 0.25) is 0 Å². The smallest absolute Gasteiger partial charge is 0.265 e. The highest BCUT2D eigenvalue weighted by Gasteiger charge is 2.28. The average molecular weight is 474 g/mol. The number of nitrogens with one attached hydrogen (secondary N) is 1. The van der Waals surface area contributed by atoms with Crippen LogP contribution in [-0.2, 0) is 4.79 Å². The number of benzene rings is 1. The third-order valence-electron chi connectivity index (χ3n) is 5.88. The number of hydrogen-bond acceptors (Lipinski definition) is 7. The number of carbonyl (C=O) groups is 2. The molecule has 1 fully saturated rings. The van der Waals surface area contributed by atoms with Gasteiger partial charge in [-0.1, -0.05) is 24.8 Å². The van der Waals surface area contributed by atoms with Gasteiger partial charge in [-0.15, -0.1) is 11.3 Å². The van der Waals surface area contributed by atoms with Crippen LogP contribution in [0.3, 0.4) is 0 Å². The number of amides is 2. The molecule has 1 saturated heterocycles. The molecule has 34 heavy (non-hydrogen) atoms. The Bertz CT molecular complexity index is 1380. The standard InChI is InChI=1S/C24H23N7O2S/c1-2-19(32)30-10-6-9-17(12-30)31-23-20(22(25)26-14-27-23)21(29-31)15-11-18(34-13-15)24(33)28-16-7-4-3-5-8-16/h2-5,7-8,11,13-14,17H,1,6,9-10,12H2,(H,28,33)(H2,25,26,27)/t17-/m1/s1. The van der Waals surface area contributed by atoms with Gasteiger partial charge in [0.25, 0.3) is 5.91 Å². The zero-order chi connectivity index (χ0) is 23.7. The number of nitrogen functional groups attached to an aromatic ring is 1. The third-order valence-corrected chi connectivity index (χ3v) is 6.80. The Balaban J connectivity index is 1.50. The fourth-order valence-electron chi connectivity index (χ4n) is 4.23. The van der Waals surface area contributed by atoms with Gasteiger partial charge in [-0.2, -0.15) is 5.10 Å². The summed E-state index contributed by atoms with van der Waals surface area (Å²) in [4.78, 5) is 35.9. The quantitative estimate of drug-likeness (QED) is 0.426. The van der Waals surface area contributed by atoms with Gasteiger partial charge in [0.2, 0.25) is 5.91 Å². The number of likely N-dealkylation sites (tertiary alicyclic amines) is 1. The van der Waals surface area contributed by atoms with Gasteiger partial charge in [-0.05, 0) is 37.1 Å². The van der Waals surface area contributed by atoms with Crippen molar-refractivity contribution in [2.24, 2.45) is 0 Å². The first-order valence-electron chi connectivity index (χ1n) is 10.9. The number of aromatic nitrogens is 4. The van der Waals surface area contributed by atoms with Crippen molar-refractivity contribution in [1.29, 1.82) is 0 Å². The Morgan fingerprint density at radius 3 is 2.85 bits per heavy atom. The van der Waals surface area contributed by atoms with Crippen LogP contribution in [0.1, 0.15) is 28.6 Å². The van der Waals surface area contributed by atoms with Crippen LogP contribution in [0, 0.1) is 0 Å². The van der Waals surface area contributed by atoms with E-state index in [4.69, 9.17) is 10.8 Å². The Morgan fingerprint density at radius 1 is 1.24 bits per heavy atom. The summed E-state index contributed by atoms with van der Waals surface area (Å²) in [6.07, 6.45) is 4.46. The molecule has 3 aromatic heterocycles. The fraction of sp³-hybridized carbons (Fsp3) is 0.208. The molecule has 172 valence electrons. The number of anilines is 2. The zero-order valence-corrected chi connectivity index (χ0v) is 19.2. The first-order valence-corrected chi connectivity index (χ1v) is 11.8. The highest BCUT2D eigenvalue weighted by atomic mass is 32.1. The monoisotopic (exact) mass is 473 g/mol. The zero-order valence-electron chi connectivity index (χ0n) is 18.3. The van der Waals surface area contributed by atoms with Crippen LogP contribution in [0.4, 0.5) is 11.5 Å². The summed E-state index contributed by atoms with van der Waals surface area (Å²) in [5.41, 5.74) is 8.97. The van der Waals surface area contributed by atoms with Crippen LogP contribution in [0.25, 0.3) is 22.3 Å². The van der Waals surface area contributed by atoms with Crippen molar-refractivity contribution >= 4 is 45.7 Å². The number of nitrogens with zero attached hydrogens (tertiary/aromatic N) is 5. The minimum atomic E-state index is -0.193. The summed E-state index contributed by atoms with van der Waals surface area (Å²) in [7, 11) is 0. The molecule has 1 aliphatic rings. The lowest BCUT2D eigenvalue weighted by Gasteiger charge is -2.32. The summed E-state index contributed by atoms with van der Waals surface area (Å²) >= 11 is 1.33. The van der Waals surface area contributed by atoms with Crippen LogP contribution in [0.5, 0.6) is 0 Å². The number of fused-ring (bicyclic) bond motifs is 1. The second-order valence-corrected chi connectivity index (χ2v) is 8.97. The van der Waals surface area contributed by atoms with E-state index in [0.29, 0.717) is 40.5 Å². The van der Waals surface area contributed by atoms with Gasteiger partial charge in [0.1, 0.15) is 17.8 Å². The number of nitrogens with two attached hydrogens (primary N) is 1. The molecule has 4 heterocycles. The maximum atomic E-state index is 12.7. The lowest BCUT2D eigenvalue weighted by molar-refractivity contribution is -0.127. The molecule has 5 rings (SSSR count). The SMILES string of the molecule is C=CC(=O)N1CCC[C@@H](n2nc(-c3csc(C(=O)Nc4ccccc4)c3)c3c(N)ncnc32)C1. The third kappa shape index (κ3) is 4.03. The molecule has 0 radical (unpaired) electrons. The molecule has 1 aliphatic heterocycles. The molecular formula is C24H23N7O2S. The van der Waals surface area contributed by atoms with Gasteiger partial charge >= 0.3 is 0 Å². The molecule has 2 amide bonds. The van der Waals surface area contributed by atoms with Gasteiger partial charge in [0.15, 0.2) is 5.65 Å². The Labute approximate surface area is 199 Å². The molecule has 9 nitrogen and oxygen atoms in total. The van der Waals surface area contributed by atoms with Crippen molar-refractivity contribution in [2.75, 3.05) is 24.1 Å². The second kappa shape index (κ2) is 9.06. The molecular weight excluding hydrogens is 450 g/mol. The van der Waals surface area contributed by atoms with Gasteiger partial charge in [0.05, 0.1) is 16.3 Å². The summed E-state index contributed by atoms with van der Waals surface area (Å²) in [6.45, 7) is 4.80. The van der Waals surface area contributed by atoms with Gasteiger partial charge in [-0.3, -0.25) is 9.59 Å². The Kier molecular flexibility index (Phi) is 5.81. The summed E-state index contributed by atoms with van der Waals surface area (Å²) in [5, 5.41) is 10.3. The van der Waals surface area contributed by atoms with E-state index in [1.165, 1.54) is 23.7 Å². The lowest BCUT2D eigenvalue weighted by atomic mass is 10.1. The maximum absolute atomic E-state index is 12.7. The van der Waals surface area contributed by atoms with Gasteiger partial charge in [-0.25, -0.2) is 14.6 Å². The number of thiophene rings is 1. The van der Waals surface area contributed by atoms with E-state index in [2.05, 4.69) is 21.9 Å². The van der Waals surface area contributed by atoms with E-state index in [9.17, 15) is 9.59 Å². The second-order valence-electron chi connectivity index (χ2n) is 8.05. The number of carbonyl (C=O) groups excluding carboxylic acids is 2. The predicted octanol–water partition coefficient (Wildman–Crippen LogP) is 3.74. The van der Waals surface area contributed by atoms with Gasteiger partial charge in [0, 0.05) is 29.7 Å². The molecule has 0 saturated carbocycles. The first kappa shape index (κ1) is 21.8. The van der Waals surface area contributed by atoms with Crippen molar-refractivity contribution in [2.45, 2.75) is 18.9 Å². The molecule has 3 N–H and O–H groups in total. The summed E-state index contributed by atoms with van der Waals surface area (Å²) in [6, 6.07) is 11.1. The van der Waals surface area contributed by atoms with E-state index in [0.717, 1.165) is 24.1 Å². The molecule has 0 unspecified atom stereocenters. The number of para-hydroxylation sites is 1. The summed E-state index contributed by atoms with van der Waals surface area (Å²) in [5.74, 6) is 0.0336. The Morgan fingerprint density at radius 2 is 2.06 bits per heavy atom. The number of hydrogen-bond donors (Lipinski definition) is 2. The minimum Gasteiger partial charge on any atom is -0.383 e. The average Bonchev–Trinajstić information content (AvgIpc) is 3.50. The minimum absolute atomic E-state index is 0.0531. The topological polar surface area (TPSA) is 119 Å². The van der Waals surface area contributed by atoms with E-state index in [1.807, 2.05) is 40.4 Å². The molecule has 0 bridgehead atoms. The van der Waals surface area contributed by atoms with E-state index in [-0.39, 0.29) is 17.9 Å². The molecule has 0 aliphatic carbocycles. The van der Waals surface area contributed by atoms with Crippen molar-refractivity contribution in [3.05, 3.63) is 65.6 Å². The molecule has 0 spiro atoms. The number of rotatable bonds is 5. The Hall–Kier alpha value is -4.05.